The molecule has 0 bridgehead atoms. The largest absolute Gasteiger partial charge is 0.508 e. The van der Waals surface area contributed by atoms with Crippen molar-refractivity contribution in [1.29, 1.82) is 0 Å². The minimum absolute atomic E-state index is 0.174. The number of rotatable bonds is 3. The predicted octanol–water partition coefficient (Wildman–Crippen LogP) is 3.72. The highest BCUT2D eigenvalue weighted by Gasteiger charge is 2.10. The molecule has 0 atom stereocenters. The quantitative estimate of drug-likeness (QED) is 0.840. The lowest BCUT2D eigenvalue weighted by Crippen LogP contribution is -2.12. The molecule has 0 saturated heterocycles. The summed E-state index contributed by atoms with van der Waals surface area (Å²) in [5.74, 6) is 0.622. The summed E-state index contributed by atoms with van der Waals surface area (Å²) in [4.78, 5) is 12.2. The van der Waals surface area contributed by atoms with Crippen LogP contribution in [-0.2, 0) is 0 Å². The number of aromatic hydroxyl groups is 1. The van der Waals surface area contributed by atoms with E-state index in [-0.39, 0.29) is 11.7 Å². The molecule has 0 saturated carbocycles. The summed E-state index contributed by atoms with van der Waals surface area (Å²) in [6.45, 7) is 1.82. The molecule has 2 aromatic rings. The Balaban J connectivity index is 2.21. The van der Waals surface area contributed by atoms with E-state index in [4.69, 9.17) is 4.74 Å². The number of methoxy groups -OCH3 is 1. The average Bonchev–Trinajstić information content (AvgIpc) is 2.41. The summed E-state index contributed by atoms with van der Waals surface area (Å²) >= 11 is 3.35. The second-order valence-corrected chi connectivity index (χ2v) is 5.16. The molecule has 4 nitrogen and oxygen atoms in total. The van der Waals surface area contributed by atoms with Gasteiger partial charge in [-0.3, -0.25) is 4.79 Å². The van der Waals surface area contributed by atoms with Crippen molar-refractivity contribution in [3.8, 4) is 11.5 Å². The van der Waals surface area contributed by atoms with Crippen LogP contribution in [-0.4, -0.2) is 18.1 Å². The minimum atomic E-state index is -0.220. The molecule has 0 fully saturated rings. The fourth-order valence-corrected chi connectivity index (χ4v) is 2.33. The number of ether oxygens (including phenoxy) is 1. The number of phenolic OH excluding ortho intramolecular Hbond substituents is 1. The van der Waals surface area contributed by atoms with E-state index in [2.05, 4.69) is 21.2 Å². The summed E-state index contributed by atoms with van der Waals surface area (Å²) in [6, 6.07) is 9.91. The van der Waals surface area contributed by atoms with Gasteiger partial charge in [-0.2, -0.15) is 0 Å². The van der Waals surface area contributed by atoms with E-state index in [0.717, 1.165) is 10.0 Å². The van der Waals surface area contributed by atoms with Crippen LogP contribution in [0.15, 0.2) is 40.9 Å². The molecule has 0 spiro atoms. The van der Waals surface area contributed by atoms with Crippen molar-refractivity contribution < 1.29 is 14.6 Å². The van der Waals surface area contributed by atoms with Gasteiger partial charge >= 0.3 is 0 Å². The Kier molecular flexibility index (Phi) is 4.29. The summed E-state index contributed by atoms with van der Waals surface area (Å²) < 4.78 is 5.84. The van der Waals surface area contributed by atoms with E-state index in [9.17, 15) is 9.90 Å². The highest BCUT2D eigenvalue weighted by Crippen LogP contribution is 2.26. The third-order valence-electron chi connectivity index (χ3n) is 2.87. The van der Waals surface area contributed by atoms with Gasteiger partial charge in [0.15, 0.2) is 0 Å². The van der Waals surface area contributed by atoms with Crippen molar-refractivity contribution in [2.45, 2.75) is 6.92 Å². The molecule has 2 N–H and O–H groups in total. The fraction of sp³-hybridized carbons (Fsp3) is 0.133. The van der Waals surface area contributed by atoms with Crippen LogP contribution < -0.4 is 10.1 Å². The molecule has 0 aliphatic rings. The average molecular weight is 336 g/mol. The molecule has 0 aliphatic heterocycles. The lowest BCUT2D eigenvalue weighted by atomic mass is 10.1. The summed E-state index contributed by atoms with van der Waals surface area (Å²) in [7, 11) is 1.57. The van der Waals surface area contributed by atoms with Gasteiger partial charge in [-0.15, -0.1) is 0 Å². The highest BCUT2D eigenvalue weighted by molar-refractivity contribution is 9.10. The Morgan fingerprint density at radius 1 is 1.25 bits per heavy atom. The molecule has 0 unspecified atom stereocenters. The van der Waals surface area contributed by atoms with Crippen LogP contribution in [0.4, 0.5) is 5.69 Å². The number of anilines is 1. The zero-order chi connectivity index (χ0) is 14.7. The van der Waals surface area contributed by atoms with Crippen LogP contribution in [0.1, 0.15) is 15.9 Å². The first-order valence-electron chi connectivity index (χ1n) is 5.96. The Morgan fingerprint density at radius 2 is 2.00 bits per heavy atom. The van der Waals surface area contributed by atoms with Crippen LogP contribution >= 0.6 is 15.9 Å². The van der Waals surface area contributed by atoms with Crippen molar-refractivity contribution in [3.05, 3.63) is 52.0 Å². The molecule has 0 aliphatic carbocycles. The van der Waals surface area contributed by atoms with Gasteiger partial charge < -0.3 is 15.2 Å². The Bertz CT molecular complexity index is 656. The van der Waals surface area contributed by atoms with Gasteiger partial charge in [0.2, 0.25) is 0 Å². The number of amides is 1. The maximum Gasteiger partial charge on any atom is 0.255 e. The number of carbonyl (C=O) groups is 1. The van der Waals surface area contributed by atoms with Crippen LogP contribution in [0.5, 0.6) is 11.5 Å². The summed E-state index contributed by atoms with van der Waals surface area (Å²) in [5, 5.41) is 12.2. The van der Waals surface area contributed by atoms with E-state index < -0.39 is 0 Å². The second kappa shape index (κ2) is 5.96. The van der Waals surface area contributed by atoms with E-state index >= 15 is 0 Å². The number of phenols is 1. The summed E-state index contributed by atoms with van der Waals surface area (Å²) in [6.07, 6.45) is 0. The number of carbonyl (C=O) groups excluding carboxylic acids is 1. The lowest BCUT2D eigenvalue weighted by molar-refractivity contribution is 0.102. The van der Waals surface area contributed by atoms with Gasteiger partial charge in [0.05, 0.1) is 11.6 Å². The van der Waals surface area contributed by atoms with Crippen LogP contribution in [0, 0.1) is 6.92 Å². The minimum Gasteiger partial charge on any atom is -0.508 e. The van der Waals surface area contributed by atoms with Gasteiger partial charge in [-0.05, 0) is 64.8 Å². The van der Waals surface area contributed by atoms with Crippen LogP contribution in [0.2, 0.25) is 0 Å². The molecule has 0 aromatic heterocycles. The van der Waals surface area contributed by atoms with Crippen molar-refractivity contribution in [1.82, 2.24) is 0 Å². The van der Waals surface area contributed by atoms with Gasteiger partial charge in [-0.25, -0.2) is 0 Å². The number of hydrogen-bond donors (Lipinski definition) is 2. The predicted molar refractivity (Wildman–Crippen MR) is 81.5 cm³/mol. The number of aryl methyl sites for hydroxylation is 1. The van der Waals surface area contributed by atoms with E-state index in [0.29, 0.717) is 17.0 Å². The zero-order valence-corrected chi connectivity index (χ0v) is 12.7. The van der Waals surface area contributed by atoms with Crippen molar-refractivity contribution in [3.63, 3.8) is 0 Å². The fourth-order valence-electron chi connectivity index (χ4n) is 1.79. The third-order valence-corrected chi connectivity index (χ3v) is 3.49. The first-order valence-corrected chi connectivity index (χ1v) is 6.75. The normalized spacial score (nSPS) is 10.2. The van der Waals surface area contributed by atoms with Crippen LogP contribution in [0.25, 0.3) is 0 Å². The molecular formula is C15H14BrNO3. The number of benzene rings is 2. The molecule has 5 heteroatoms. The summed E-state index contributed by atoms with van der Waals surface area (Å²) in [5.41, 5.74) is 1.98. The topological polar surface area (TPSA) is 58.6 Å². The van der Waals surface area contributed by atoms with E-state index in [1.54, 1.807) is 37.4 Å². The number of halogens is 1. The highest BCUT2D eigenvalue weighted by atomic mass is 79.9. The van der Waals surface area contributed by atoms with Crippen molar-refractivity contribution >= 4 is 27.5 Å². The second-order valence-electron chi connectivity index (χ2n) is 4.30. The molecule has 0 heterocycles. The van der Waals surface area contributed by atoms with Crippen molar-refractivity contribution in [2.75, 3.05) is 12.4 Å². The third kappa shape index (κ3) is 3.11. The van der Waals surface area contributed by atoms with Gasteiger partial charge in [0.25, 0.3) is 5.91 Å². The molecule has 20 heavy (non-hydrogen) atoms. The molecule has 2 rings (SSSR count). The molecule has 0 radical (unpaired) electrons. The number of nitrogens with one attached hydrogen (secondary N) is 1. The SMILES string of the molecule is COc1ccc(C(=O)Nc2ccc(O)cc2C)cc1Br. The molecule has 1 amide bonds. The smallest absolute Gasteiger partial charge is 0.255 e. The maximum absolute atomic E-state index is 12.2. The van der Waals surface area contributed by atoms with E-state index in [1.165, 1.54) is 6.07 Å². The first-order chi connectivity index (χ1) is 9.51. The number of hydrogen-bond acceptors (Lipinski definition) is 3. The van der Waals surface area contributed by atoms with E-state index in [1.807, 2.05) is 6.92 Å². The first kappa shape index (κ1) is 14.4. The monoisotopic (exact) mass is 335 g/mol. The maximum atomic E-state index is 12.2. The molecule has 2 aromatic carbocycles. The molecule has 104 valence electrons. The Morgan fingerprint density at radius 3 is 2.60 bits per heavy atom. The molecular weight excluding hydrogens is 322 g/mol. The van der Waals surface area contributed by atoms with Crippen molar-refractivity contribution in [2.24, 2.45) is 0 Å². The zero-order valence-electron chi connectivity index (χ0n) is 11.1. The Hall–Kier alpha value is -2.01. The van der Waals surface area contributed by atoms with Gasteiger partial charge in [0.1, 0.15) is 11.5 Å². The standard InChI is InChI=1S/C15H14BrNO3/c1-9-7-11(18)4-5-13(9)17-15(19)10-3-6-14(20-2)12(16)8-10/h3-8,18H,1-2H3,(H,17,19). The Labute approximate surface area is 125 Å². The van der Waals surface area contributed by atoms with Crippen LogP contribution in [0.3, 0.4) is 0 Å². The van der Waals surface area contributed by atoms with Gasteiger partial charge in [0, 0.05) is 11.3 Å². The lowest BCUT2D eigenvalue weighted by Gasteiger charge is -2.10. The van der Waals surface area contributed by atoms with Gasteiger partial charge in [-0.1, -0.05) is 0 Å².